The van der Waals surface area contributed by atoms with Gasteiger partial charge in [0.1, 0.15) is 0 Å². The fourth-order valence-electron chi connectivity index (χ4n) is 6.87. The second kappa shape index (κ2) is 13.4. The van der Waals surface area contributed by atoms with Gasteiger partial charge in [-0.1, -0.05) is 181 Å². The Bertz CT molecular complexity index is 2170. The van der Waals surface area contributed by atoms with Gasteiger partial charge in [-0.2, -0.15) is 0 Å². The first-order valence-electron chi connectivity index (χ1n) is 15.9. The Morgan fingerprint density at radius 2 is 0.812 bits per heavy atom. The molecule has 0 amide bonds. The van der Waals surface area contributed by atoms with Crippen LogP contribution in [0, 0.1) is 0 Å². The van der Waals surface area contributed by atoms with E-state index in [4.69, 9.17) is 10.6 Å². The molecular weight excluding hydrogens is 570 g/mol. The van der Waals surface area contributed by atoms with E-state index < -0.39 is 0 Å². The summed E-state index contributed by atoms with van der Waals surface area (Å²) in [5.74, 6) is 0. The molecule has 9 rings (SSSR count). The zero-order chi connectivity index (χ0) is 30.5. The first-order chi connectivity index (χ1) is 22.8. The Hall–Kier alpha value is -4.67. The molecule has 7 aromatic rings. The molecule has 0 saturated heterocycles. The van der Waals surface area contributed by atoms with Crippen LogP contribution in [0.15, 0.2) is 158 Å². The maximum Gasteiger partial charge on any atom is 1.00 e. The standard InChI is InChI=1S/C44H30N2.2Li/c1-3-8-29(9-4-1)35-20-16-31-14-18-33-22-24-41(45-43(33)39(31)27-35)37-12-7-13-38(26-37)42-25-23-34-19-15-32-17-21-36(28-40(32)44(34)46-42)30-10-5-2-6-11-30;;/h1-28,41-42H;;/q-2;2*+1. The van der Waals surface area contributed by atoms with E-state index in [1.165, 1.54) is 54.9 Å². The Balaban J connectivity index is 0.00000182. The Morgan fingerprint density at radius 1 is 0.375 bits per heavy atom. The zero-order valence-corrected chi connectivity index (χ0v) is 27.2. The summed E-state index contributed by atoms with van der Waals surface area (Å²) in [6.07, 6.45) is 8.89. The summed E-state index contributed by atoms with van der Waals surface area (Å²) in [6.45, 7) is 0. The van der Waals surface area contributed by atoms with E-state index in [1.807, 2.05) is 0 Å². The molecule has 0 saturated carbocycles. The Kier molecular flexibility index (Phi) is 8.94. The largest absolute Gasteiger partial charge is 1.00 e. The van der Waals surface area contributed by atoms with E-state index in [0.717, 1.165) is 22.5 Å². The second-order valence-electron chi connectivity index (χ2n) is 12.1. The van der Waals surface area contributed by atoms with Gasteiger partial charge in [-0.05, 0) is 67.1 Å². The van der Waals surface area contributed by atoms with Crippen molar-refractivity contribution in [1.82, 2.24) is 0 Å². The first-order valence-corrected chi connectivity index (χ1v) is 15.9. The average Bonchev–Trinajstić information content (AvgIpc) is 3.14. The summed E-state index contributed by atoms with van der Waals surface area (Å²) in [5.41, 5.74) is 11.6. The normalized spacial score (nSPS) is 15.8. The SMILES string of the molecule is C1=CC(c2cccc(C3C=Cc4ccc5ccc(-c6ccccc6)cc5c4[N-]3)c2)[N-]c2c1ccc1ccc(-c3ccccc3)cc21.[Li+].[Li+]. The van der Waals surface area contributed by atoms with Crippen LogP contribution in [0.5, 0.6) is 0 Å². The smallest absolute Gasteiger partial charge is 0.674 e. The molecule has 2 heterocycles. The maximum atomic E-state index is 5.34. The molecule has 7 aromatic carbocycles. The second-order valence-corrected chi connectivity index (χ2v) is 12.1. The Labute approximate surface area is 306 Å². The van der Waals surface area contributed by atoms with E-state index in [0.29, 0.717) is 0 Å². The van der Waals surface area contributed by atoms with Gasteiger partial charge in [0.25, 0.3) is 0 Å². The van der Waals surface area contributed by atoms with Gasteiger partial charge in [0.15, 0.2) is 0 Å². The number of rotatable bonds is 4. The molecule has 0 fully saturated rings. The molecule has 0 aromatic heterocycles. The molecule has 2 aliphatic heterocycles. The van der Waals surface area contributed by atoms with Crippen molar-refractivity contribution in [2.45, 2.75) is 12.1 Å². The summed E-state index contributed by atoms with van der Waals surface area (Å²) in [7, 11) is 0. The van der Waals surface area contributed by atoms with E-state index in [1.54, 1.807) is 0 Å². The van der Waals surface area contributed by atoms with Gasteiger partial charge in [0.05, 0.1) is 0 Å². The van der Waals surface area contributed by atoms with Gasteiger partial charge in [-0.25, -0.2) is 0 Å². The van der Waals surface area contributed by atoms with Gasteiger partial charge >= 0.3 is 37.7 Å². The number of benzene rings is 7. The number of fused-ring (bicyclic) bond motifs is 6. The van der Waals surface area contributed by atoms with E-state index >= 15 is 0 Å². The molecule has 2 aliphatic rings. The van der Waals surface area contributed by atoms with Crippen LogP contribution < -0.4 is 37.7 Å². The van der Waals surface area contributed by atoms with Crippen LogP contribution in [-0.2, 0) is 0 Å². The minimum Gasteiger partial charge on any atom is -0.674 e. The third kappa shape index (κ3) is 5.84. The van der Waals surface area contributed by atoms with Crippen LogP contribution in [0.25, 0.3) is 66.6 Å². The van der Waals surface area contributed by atoms with E-state index in [9.17, 15) is 0 Å². The predicted molar refractivity (Wildman–Crippen MR) is 195 cm³/mol. The molecule has 0 N–H and O–H groups in total. The number of hydrogen-bond acceptors (Lipinski definition) is 0. The van der Waals surface area contributed by atoms with Crippen molar-refractivity contribution in [3.8, 4) is 22.3 Å². The summed E-state index contributed by atoms with van der Waals surface area (Å²) in [6, 6.07) is 52.0. The van der Waals surface area contributed by atoms with Gasteiger partial charge < -0.3 is 10.6 Å². The first kappa shape index (κ1) is 31.9. The Morgan fingerprint density at radius 3 is 1.27 bits per heavy atom. The molecule has 2 nitrogen and oxygen atoms in total. The van der Waals surface area contributed by atoms with Crippen LogP contribution in [0.3, 0.4) is 0 Å². The van der Waals surface area contributed by atoms with Crippen LogP contribution in [0.4, 0.5) is 11.4 Å². The third-order valence-corrected chi connectivity index (χ3v) is 9.31. The van der Waals surface area contributed by atoms with Crippen molar-refractivity contribution in [3.05, 3.63) is 191 Å². The van der Waals surface area contributed by atoms with Crippen molar-refractivity contribution in [3.63, 3.8) is 0 Å². The van der Waals surface area contributed by atoms with Crippen LogP contribution >= 0.6 is 0 Å². The quantitative estimate of drug-likeness (QED) is 0.197. The third-order valence-electron chi connectivity index (χ3n) is 9.31. The molecule has 0 spiro atoms. The molecule has 0 radical (unpaired) electrons. The van der Waals surface area contributed by atoms with Crippen LogP contribution in [0.2, 0.25) is 0 Å². The molecule has 2 atom stereocenters. The van der Waals surface area contributed by atoms with E-state index in [2.05, 4.69) is 170 Å². The van der Waals surface area contributed by atoms with Gasteiger partial charge in [0, 0.05) is 0 Å². The summed E-state index contributed by atoms with van der Waals surface area (Å²) >= 11 is 0. The molecule has 4 heteroatoms. The van der Waals surface area contributed by atoms with E-state index in [-0.39, 0.29) is 49.8 Å². The number of hydrogen-bond donors (Lipinski definition) is 0. The van der Waals surface area contributed by atoms with Crippen LogP contribution in [0.1, 0.15) is 34.3 Å². The maximum absolute atomic E-state index is 5.34. The molecule has 218 valence electrons. The number of nitrogens with zero attached hydrogens (tertiary/aromatic N) is 2. The molecular formula is C44H30Li2N2. The van der Waals surface area contributed by atoms with Gasteiger partial charge in [-0.3, -0.25) is 0 Å². The van der Waals surface area contributed by atoms with Crippen molar-refractivity contribution in [2.75, 3.05) is 0 Å². The predicted octanol–water partition coefficient (Wildman–Crippen LogP) is 6.88. The van der Waals surface area contributed by atoms with Crippen molar-refractivity contribution in [1.29, 1.82) is 0 Å². The minimum absolute atomic E-state index is 0. The van der Waals surface area contributed by atoms with Crippen LogP contribution in [-0.4, -0.2) is 0 Å². The molecule has 0 aliphatic carbocycles. The summed E-state index contributed by atoms with van der Waals surface area (Å²) in [5, 5.41) is 15.5. The minimum atomic E-state index is -0.0625. The topological polar surface area (TPSA) is 28.2 Å². The molecule has 2 unspecified atom stereocenters. The molecule has 0 bridgehead atoms. The van der Waals surface area contributed by atoms with Crippen molar-refractivity contribution in [2.24, 2.45) is 0 Å². The summed E-state index contributed by atoms with van der Waals surface area (Å²) in [4.78, 5) is 0. The molecule has 48 heavy (non-hydrogen) atoms. The van der Waals surface area contributed by atoms with Crippen molar-refractivity contribution < 1.29 is 37.7 Å². The fourth-order valence-corrected chi connectivity index (χ4v) is 6.87. The average molecular weight is 601 g/mol. The monoisotopic (exact) mass is 600 g/mol. The van der Waals surface area contributed by atoms with Crippen molar-refractivity contribution >= 4 is 45.1 Å². The fraction of sp³-hybridized carbons (Fsp3) is 0.0455. The van der Waals surface area contributed by atoms with Gasteiger partial charge in [-0.15, -0.1) is 11.4 Å². The zero-order valence-electron chi connectivity index (χ0n) is 27.2. The van der Waals surface area contributed by atoms with Gasteiger partial charge in [0.2, 0.25) is 0 Å². The summed E-state index contributed by atoms with van der Waals surface area (Å²) < 4.78 is 0.